The second kappa shape index (κ2) is 6.50. The van der Waals surface area contributed by atoms with Crippen LogP contribution in [0.25, 0.3) is 0 Å². The summed E-state index contributed by atoms with van der Waals surface area (Å²) < 4.78 is 5.23. The molecule has 0 radical (unpaired) electrons. The van der Waals surface area contributed by atoms with Crippen molar-refractivity contribution < 1.29 is 14.6 Å². The molecule has 1 atom stereocenters. The molecule has 110 valence electrons. The summed E-state index contributed by atoms with van der Waals surface area (Å²) in [5, 5.41) is 13.1. The summed E-state index contributed by atoms with van der Waals surface area (Å²) in [5.74, 6) is -0.373. The van der Waals surface area contributed by atoms with E-state index < -0.39 is 12.0 Å². The van der Waals surface area contributed by atoms with Crippen molar-refractivity contribution in [2.24, 2.45) is 0 Å². The number of benzene rings is 2. The fourth-order valence-corrected chi connectivity index (χ4v) is 2.38. The van der Waals surface area contributed by atoms with Crippen LogP contribution in [0.2, 0.25) is 5.02 Å². The maximum Gasteiger partial charge on any atom is 0.330 e. The molecule has 0 heterocycles. The first-order valence-corrected chi connectivity index (χ1v) is 6.79. The number of ether oxygens (including phenoxy) is 1. The lowest BCUT2D eigenvalue weighted by Gasteiger charge is -2.20. The van der Waals surface area contributed by atoms with Gasteiger partial charge in [0.15, 0.2) is 6.04 Å². The highest BCUT2D eigenvalue weighted by atomic mass is 35.5. The molecule has 5 heteroatoms. The first kappa shape index (κ1) is 15.2. The number of carboxylic acids is 1. The molecule has 0 aliphatic rings. The molecule has 0 fully saturated rings. The third kappa shape index (κ3) is 3.47. The molecule has 2 aromatic rings. The number of nitrogens with one attached hydrogen (secondary N) is 1. The number of rotatable bonds is 5. The third-order valence-electron chi connectivity index (χ3n) is 3.20. The monoisotopic (exact) mass is 305 g/mol. The number of anilines is 1. The van der Waals surface area contributed by atoms with E-state index in [9.17, 15) is 9.90 Å². The fourth-order valence-electron chi connectivity index (χ4n) is 2.15. The molecule has 0 amide bonds. The molecule has 0 aliphatic carbocycles. The molecule has 0 aromatic heterocycles. The minimum Gasteiger partial charge on any atom is -0.495 e. The number of methoxy groups -OCH3 is 1. The highest BCUT2D eigenvalue weighted by molar-refractivity contribution is 6.30. The quantitative estimate of drug-likeness (QED) is 0.879. The van der Waals surface area contributed by atoms with Gasteiger partial charge in [-0.25, -0.2) is 4.79 Å². The molecule has 1 unspecified atom stereocenters. The van der Waals surface area contributed by atoms with Gasteiger partial charge in [0, 0.05) is 5.02 Å². The van der Waals surface area contributed by atoms with E-state index in [0.717, 1.165) is 5.56 Å². The summed E-state index contributed by atoms with van der Waals surface area (Å²) >= 11 is 5.92. The minimum atomic E-state index is -0.966. The van der Waals surface area contributed by atoms with Gasteiger partial charge in [-0.15, -0.1) is 0 Å². The van der Waals surface area contributed by atoms with Crippen LogP contribution in [0.5, 0.6) is 5.75 Å². The largest absolute Gasteiger partial charge is 0.495 e. The number of aryl methyl sites for hydroxylation is 1. The number of aliphatic carboxylic acids is 1. The molecule has 0 aliphatic heterocycles. The average molecular weight is 306 g/mol. The van der Waals surface area contributed by atoms with Crippen LogP contribution in [0.1, 0.15) is 17.2 Å². The number of hydrogen-bond donors (Lipinski definition) is 2. The summed E-state index contributed by atoms with van der Waals surface area (Å²) in [6, 6.07) is 11.5. The van der Waals surface area contributed by atoms with Crippen LogP contribution in [-0.2, 0) is 4.79 Å². The number of hydrogen-bond acceptors (Lipinski definition) is 3. The molecule has 2 aromatic carbocycles. The predicted molar refractivity (Wildman–Crippen MR) is 83.2 cm³/mol. The highest BCUT2D eigenvalue weighted by Gasteiger charge is 2.22. The number of halogens is 1. The first-order valence-electron chi connectivity index (χ1n) is 6.41. The minimum absolute atomic E-state index is 0.581. The van der Waals surface area contributed by atoms with Gasteiger partial charge in [-0.1, -0.05) is 29.8 Å². The van der Waals surface area contributed by atoms with Crippen LogP contribution in [0.15, 0.2) is 42.5 Å². The molecule has 0 spiro atoms. The maximum atomic E-state index is 11.6. The Balaban J connectivity index is 2.38. The van der Waals surface area contributed by atoms with Crippen LogP contribution in [-0.4, -0.2) is 18.2 Å². The molecule has 0 saturated heterocycles. The van der Waals surface area contributed by atoms with Crippen molar-refractivity contribution >= 4 is 23.3 Å². The standard InChI is InChI=1S/C16H16ClNO3/c1-10-9-11(17)7-8-12(10)15(16(19)20)18-13-5-3-4-6-14(13)21-2/h3-9,15,18H,1-2H3,(H,19,20). The van der Waals surface area contributed by atoms with Gasteiger partial charge in [-0.3, -0.25) is 0 Å². The molecule has 2 N–H and O–H groups in total. The van der Waals surface area contributed by atoms with E-state index in [1.165, 1.54) is 0 Å². The number of carboxylic acid groups (broad SMARTS) is 1. The Morgan fingerprint density at radius 1 is 1.29 bits per heavy atom. The van der Waals surface area contributed by atoms with Gasteiger partial charge in [-0.05, 0) is 42.3 Å². The lowest BCUT2D eigenvalue weighted by molar-refractivity contribution is -0.138. The molecular formula is C16H16ClNO3. The van der Waals surface area contributed by atoms with Crippen LogP contribution < -0.4 is 10.1 Å². The summed E-state index contributed by atoms with van der Waals surface area (Å²) in [7, 11) is 1.55. The zero-order chi connectivity index (χ0) is 15.4. The molecule has 0 saturated carbocycles. The van der Waals surface area contributed by atoms with E-state index >= 15 is 0 Å². The van der Waals surface area contributed by atoms with E-state index in [0.29, 0.717) is 22.0 Å². The first-order chi connectivity index (χ1) is 10.0. The number of carbonyl (C=O) groups is 1. The van der Waals surface area contributed by atoms with Crippen LogP contribution >= 0.6 is 11.6 Å². The van der Waals surface area contributed by atoms with Gasteiger partial charge in [-0.2, -0.15) is 0 Å². The lowest BCUT2D eigenvalue weighted by atomic mass is 10.0. The highest BCUT2D eigenvalue weighted by Crippen LogP contribution is 2.30. The molecular weight excluding hydrogens is 290 g/mol. The van der Waals surface area contributed by atoms with Crippen molar-refractivity contribution in [2.45, 2.75) is 13.0 Å². The second-order valence-corrected chi connectivity index (χ2v) is 5.05. The Hall–Kier alpha value is -2.20. The Bertz CT molecular complexity index is 658. The van der Waals surface area contributed by atoms with Crippen molar-refractivity contribution in [3.63, 3.8) is 0 Å². The summed E-state index contributed by atoms with van der Waals surface area (Å²) in [4.78, 5) is 11.6. The van der Waals surface area contributed by atoms with Gasteiger partial charge >= 0.3 is 5.97 Å². The molecule has 4 nitrogen and oxygen atoms in total. The van der Waals surface area contributed by atoms with E-state index in [2.05, 4.69) is 5.32 Å². The van der Waals surface area contributed by atoms with Gasteiger partial charge in [0.2, 0.25) is 0 Å². The molecule has 0 bridgehead atoms. The predicted octanol–water partition coefficient (Wildman–Crippen LogP) is 3.89. The SMILES string of the molecule is COc1ccccc1NC(C(=O)O)c1ccc(Cl)cc1C. The van der Waals surface area contributed by atoms with E-state index in [1.807, 2.05) is 19.1 Å². The van der Waals surface area contributed by atoms with Crippen LogP contribution in [0, 0.1) is 6.92 Å². The van der Waals surface area contributed by atoms with E-state index in [-0.39, 0.29) is 0 Å². The van der Waals surface area contributed by atoms with Gasteiger partial charge in [0.1, 0.15) is 5.75 Å². The summed E-state index contributed by atoms with van der Waals surface area (Å²) in [6.45, 7) is 1.83. The smallest absolute Gasteiger partial charge is 0.330 e. The second-order valence-electron chi connectivity index (χ2n) is 4.62. The van der Waals surface area contributed by atoms with Crippen molar-refractivity contribution in [1.82, 2.24) is 0 Å². The zero-order valence-electron chi connectivity index (χ0n) is 11.8. The van der Waals surface area contributed by atoms with Crippen molar-refractivity contribution in [3.8, 4) is 5.75 Å². The van der Waals surface area contributed by atoms with Crippen molar-refractivity contribution in [1.29, 1.82) is 0 Å². The number of para-hydroxylation sites is 2. The van der Waals surface area contributed by atoms with Crippen LogP contribution in [0.4, 0.5) is 5.69 Å². The summed E-state index contributed by atoms with van der Waals surface area (Å²) in [5.41, 5.74) is 2.11. The molecule has 2 rings (SSSR count). The van der Waals surface area contributed by atoms with Gasteiger partial charge in [0.25, 0.3) is 0 Å². The van der Waals surface area contributed by atoms with Gasteiger partial charge < -0.3 is 15.2 Å². The Kier molecular flexibility index (Phi) is 4.70. The van der Waals surface area contributed by atoms with Crippen molar-refractivity contribution in [3.05, 3.63) is 58.6 Å². The van der Waals surface area contributed by atoms with E-state index in [4.69, 9.17) is 16.3 Å². The topological polar surface area (TPSA) is 58.6 Å². The Morgan fingerprint density at radius 2 is 2.00 bits per heavy atom. The molecule has 21 heavy (non-hydrogen) atoms. The summed E-state index contributed by atoms with van der Waals surface area (Å²) in [6.07, 6.45) is 0. The normalized spacial score (nSPS) is 11.8. The average Bonchev–Trinajstić information content (AvgIpc) is 2.45. The maximum absolute atomic E-state index is 11.6. The van der Waals surface area contributed by atoms with Crippen molar-refractivity contribution in [2.75, 3.05) is 12.4 Å². The zero-order valence-corrected chi connectivity index (χ0v) is 12.5. The van der Waals surface area contributed by atoms with Gasteiger partial charge in [0.05, 0.1) is 12.8 Å². The third-order valence-corrected chi connectivity index (χ3v) is 3.43. The Morgan fingerprint density at radius 3 is 2.62 bits per heavy atom. The fraction of sp³-hybridized carbons (Fsp3) is 0.188. The van der Waals surface area contributed by atoms with Crippen LogP contribution in [0.3, 0.4) is 0 Å². The van der Waals surface area contributed by atoms with E-state index in [1.54, 1.807) is 37.4 Å². The Labute approximate surface area is 128 Å². The lowest BCUT2D eigenvalue weighted by Crippen LogP contribution is -2.21.